The number of hydrogen-bond donors (Lipinski definition) is 0. The molecule has 4 nitrogen and oxygen atoms in total. The molecular weight excluding hydrogens is 734 g/mol. The number of ether oxygens (including phenoxy) is 1. The zero-order valence-electron chi connectivity index (χ0n) is 24.0. The van der Waals surface area contributed by atoms with E-state index in [1.54, 1.807) is 6.20 Å². The van der Waals surface area contributed by atoms with Crippen LogP contribution in [-0.2, 0) is 21.1 Å². The molecule has 8 aromatic rings. The first kappa shape index (κ1) is 28.5. The summed E-state index contributed by atoms with van der Waals surface area (Å²) in [6.45, 7) is 0. The van der Waals surface area contributed by atoms with E-state index >= 15 is 0 Å². The van der Waals surface area contributed by atoms with Gasteiger partial charge in [0.1, 0.15) is 5.82 Å². The summed E-state index contributed by atoms with van der Waals surface area (Å²) in [5, 5.41) is 2.26. The number of para-hydroxylation sites is 1. The molecule has 0 aliphatic heterocycles. The van der Waals surface area contributed by atoms with E-state index in [0.29, 0.717) is 11.6 Å². The van der Waals surface area contributed by atoms with Gasteiger partial charge in [0.25, 0.3) is 0 Å². The smallest absolute Gasteiger partial charge is 0.460 e. The molecule has 0 aliphatic rings. The largest absolute Gasteiger partial charge is 2.00 e. The molecule has 5 aromatic carbocycles. The molecule has 45 heavy (non-hydrogen) atoms. The van der Waals surface area contributed by atoms with Crippen LogP contribution in [0.4, 0.5) is 0 Å². The van der Waals surface area contributed by atoms with Crippen molar-refractivity contribution < 1.29 is 25.8 Å². The van der Waals surface area contributed by atoms with Crippen LogP contribution in [0.15, 0.2) is 152 Å². The molecular formula is C40H25N3OPt. The SMILES string of the molecule is [Pt+2].[c-]1c(Oc2ccccn2)cccc1-c1[c-]c2c(cc1)c1ccccc1n2-c1cc(-c2ccccc2)c(-c2ccccc2)cn1. The number of benzene rings is 5. The van der Waals surface area contributed by atoms with Crippen molar-refractivity contribution in [1.82, 2.24) is 14.5 Å². The second-order valence-corrected chi connectivity index (χ2v) is 10.5. The van der Waals surface area contributed by atoms with Crippen LogP contribution in [0.1, 0.15) is 0 Å². The van der Waals surface area contributed by atoms with Crippen molar-refractivity contribution in [2.24, 2.45) is 0 Å². The quantitative estimate of drug-likeness (QED) is 0.159. The molecule has 3 heterocycles. The van der Waals surface area contributed by atoms with Gasteiger partial charge in [-0.1, -0.05) is 90.3 Å². The van der Waals surface area contributed by atoms with E-state index in [1.165, 1.54) is 0 Å². The number of nitrogens with zero attached hydrogens (tertiary/aromatic N) is 3. The molecule has 0 radical (unpaired) electrons. The predicted octanol–water partition coefficient (Wildman–Crippen LogP) is 9.96. The summed E-state index contributed by atoms with van der Waals surface area (Å²) in [6.07, 6.45) is 3.70. The molecule has 0 atom stereocenters. The predicted molar refractivity (Wildman–Crippen MR) is 177 cm³/mol. The Morgan fingerprint density at radius 3 is 2.04 bits per heavy atom. The average Bonchev–Trinajstić information content (AvgIpc) is 3.43. The molecule has 3 aromatic heterocycles. The molecule has 0 aliphatic carbocycles. The first-order valence-corrected chi connectivity index (χ1v) is 14.5. The first-order chi connectivity index (χ1) is 21.8. The fourth-order valence-corrected chi connectivity index (χ4v) is 5.74. The van der Waals surface area contributed by atoms with Crippen molar-refractivity contribution in [1.29, 1.82) is 0 Å². The van der Waals surface area contributed by atoms with Gasteiger partial charge in [-0.15, -0.1) is 18.2 Å². The van der Waals surface area contributed by atoms with Gasteiger partial charge in [0.2, 0.25) is 5.88 Å². The van der Waals surface area contributed by atoms with Crippen LogP contribution >= 0.6 is 0 Å². The Morgan fingerprint density at radius 2 is 1.27 bits per heavy atom. The Bertz CT molecular complexity index is 2250. The van der Waals surface area contributed by atoms with Gasteiger partial charge in [0.15, 0.2) is 0 Å². The van der Waals surface area contributed by atoms with Crippen molar-refractivity contribution >= 4 is 21.8 Å². The van der Waals surface area contributed by atoms with Crippen LogP contribution in [0.2, 0.25) is 0 Å². The molecule has 0 bridgehead atoms. The minimum Gasteiger partial charge on any atom is -0.460 e. The third-order valence-corrected chi connectivity index (χ3v) is 7.78. The average molecular weight is 759 g/mol. The fraction of sp³-hybridized carbons (Fsp3) is 0. The van der Waals surface area contributed by atoms with E-state index in [2.05, 4.69) is 113 Å². The molecule has 0 saturated heterocycles. The zero-order valence-corrected chi connectivity index (χ0v) is 26.3. The summed E-state index contributed by atoms with van der Waals surface area (Å²) in [5.74, 6) is 1.96. The van der Waals surface area contributed by atoms with Gasteiger partial charge >= 0.3 is 21.1 Å². The first-order valence-electron chi connectivity index (χ1n) is 14.5. The van der Waals surface area contributed by atoms with E-state index in [4.69, 9.17) is 9.72 Å². The Hall–Kier alpha value is -5.31. The van der Waals surface area contributed by atoms with E-state index in [9.17, 15) is 0 Å². The number of pyridine rings is 2. The normalized spacial score (nSPS) is 10.9. The van der Waals surface area contributed by atoms with Crippen LogP contribution < -0.4 is 4.74 Å². The van der Waals surface area contributed by atoms with Crippen molar-refractivity contribution in [3.63, 3.8) is 0 Å². The van der Waals surface area contributed by atoms with Gasteiger partial charge < -0.3 is 9.30 Å². The summed E-state index contributed by atoms with van der Waals surface area (Å²) in [6, 6.07) is 54.4. The summed E-state index contributed by atoms with van der Waals surface area (Å²) >= 11 is 0. The maximum atomic E-state index is 5.98. The summed E-state index contributed by atoms with van der Waals surface area (Å²) in [7, 11) is 0. The minimum absolute atomic E-state index is 0. The van der Waals surface area contributed by atoms with Crippen LogP contribution in [-0.4, -0.2) is 14.5 Å². The van der Waals surface area contributed by atoms with Crippen LogP contribution in [0.25, 0.3) is 61.0 Å². The van der Waals surface area contributed by atoms with Crippen LogP contribution in [0.3, 0.4) is 0 Å². The van der Waals surface area contributed by atoms with E-state index in [0.717, 1.165) is 61.0 Å². The zero-order chi connectivity index (χ0) is 29.3. The number of aromatic nitrogens is 3. The monoisotopic (exact) mass is 758 g/mol. The molecule has 216 valence electrons. The van der Waals surface area contributed by atoms with Crippen molar-refractivity contribution in [2.75, 3.05) is 0 Å². The van der Waals surface area contributed by atoms with Gasteiger partial charge in [-0.05, 0) is 45.8 Å². The van der Waals surface area contributed by atoms with E-state index < -0.39 is 0 Å². The third kappa shape index (κ3) is 5.46. The van der Waals surface area contributed by atoms with Gasteiger partial charge in [0.05, 0.1) is 0 Å². The Kier molecular flexibility index (Phi) is 7.81. The van der Waals surface area contributed by atoms with Gasteiger partial charge in [-0.3, -0.25) is 0 Å². The molecule has 8 rings (SSSR count). The maximum absolute atomic E-state index is 5.98. The van der Waals surface area contributed by atoms with Crippen molar-refractivity contribution in [3.05, 3.63) is 164 Å². The van der Waals surface area contributed by atoms with E-state index in [-0.39, 0.29) is 21.1 Å². The Balaban J connectivity index is 0.00000325. The Labute approximate surface area is 275 Å². The molecule has 0 spiro atoms. The standard InChI is InChI=1S/C40H25N3O.Pt/c1-3-12-28(13-4-1)35-26-39(42-27-36(35)29-14-5-2-6-15-29)43-37-19-8-7-18-33(37)34-22-21-31(25-38(34)43)30-16-11-17-32(24-30)44-40-20-9-10-23-41-40;/h1-23,26-27H;/q-2;+2. The molecule has 0 amide bonds. The van der Waals surface area contributed by atoms with E-state index in [1.807, 2.05) is 54.7 Å². The molecule has 5 heteroatoms. The van der Waals surface area contributed by atoms with Crippen molar-refractivity contribution in [2.45, 2.75) is 0 Å². The molecule has 0 saturated carbocycles. The van der Waals surface area contributed by atoms with Crippen LogP contribution in [0.5, 0.6) is 11.6 Å². The maximum Gasteiger partial charge on any atom is 2.00 e. The number of hydrogen-bond acceptors (Lipinski definition) is 3. The fourth-order valence-electron chi connectivity index (χ4n) is 5.74. The summed E-state index contributed by atoms with van der Waals surface area (Å²) in [5.41, 5.74) is 8.30. The minimum atomic E-state index is 0. The van der Waals surface area contributed by atoms with Gasteiger partial charge in [-0.2, -0.15) is 24.3 Å². The van der Waals surface area contributed by atoms with Crippen LogP contribution in [0, 0.1) is 12.1 Å². The van der Waals surface area contributed by atoms with Gasteiger partial charge in [0, 0.05) is 35.3 Å². The summed E-state index contributed by atoms with van der Waals surface area (Å²) < 4.78 is 8.19. The third-order valence-electron chi connectivity index (χ3n) is 7.78. The second kappa shape index (κ2) is 12.4. The van der Waals surface area contributed by atoms with Gasteiger partial charge in [-0.25, -0.2) is 21.1 Å². The Morgan fingerprint density at radius 1 is 0.556 bits per heavy atom. The second-order valence-electron chi connectivity index (χ2n) is 10.5. The number of rotatable bonds is 6. The number of fused-ring (bicyclic) bond motifs is 3. The molecule has 0 fully saturated rings. The molecule has 0 N–H and O–H groups in total. The molecule has 0 unspecified atom stereocenters. The topological polar surface area (TPSA) is 39.9 Å². The summed E-state index contributed by atoms with van der Waals surface area (Å²) in [4.78, 5) is 9.34. The van der Waals surface area contributed by atoms with Crippen molar-refractivity contribution in [3.8, 4) is 50.8 Å².